The highest BCUT2D eigenvalue weighted by atomic mass is 19.3. The number of aryl methyl sites for hydroxylation is 1. The van der Waals surface area contributed by atoms with E-state index in [-0.39, 0.29) is 23.5 Å². The highest BCUT2D eigenvalue weighted by Gasteiger charge is 2.14. The molecule has 4 heteroatoms. The Morgan fingerprint density at radius 1 is 1.38 bits per heavy atom. The third-order valence-electron chi connectivity index (χ3n) is 2.29. The van der Waals surface area contributed by atoms with Crippen LogP contribution in [0.25, 0.3) is 0 Å². The first-order valence-electron chi connectivity index (χ1n) is 5.19. The van der Waals surface area contributed by atoms with Crippen molar-refractivity contribution in [2.45, 2.75) is 33.3 Å². The summed E-state index contributed by atoms with van der Waals surface area (Å²) in [6.07, 6.45) is 0.977. The number of rotatable bonds is 5. The normalized spacial score (nSPS) is 10.6. The van der Waals surface area contributed by atoms with Crippen LogP contribution in [-0.4, -0.2) is 12.4 Å². The highest BCUT2D eigenvalue weighted by molar-refractivity contribution is 5.98. The van der Waals surface area contributed by atoms with Gasteiger partial charge in [-0.25, -0.2) is 0 Å². The minimum Gasteiger partial charge on any atom is -0.434 e. The fraction of sp³-hybridized carbons (Fsp3) is 0.417. The summed E-state index contributed by atoms with van der Waals surface area (Å²) in [5.74, 6) is -0.223. The number of benzene rings is 1. The number of Topliss-reactive ketones (excluding diaryl/α,β-unsaturated/α-hetero) is 1. The van der Waals surface area contributed by atoms with Crippen LogP contribution in [0.1, 0.15) is 36.2 Å². The van der Waals surface area contributed by atoms with Gasteiger partial charge >= 0.3 is 6.61 Å². The van der Waals surface area contributed by atoms with Gasteiger partial charge in [0.1, 0.15) is 5.75 Å². The number of carbonyl (C=O) groups is 1. The van der Waals surface area contributed by atoms with E-state index in [1.807, 2.05) is 6.92 Å². The molecular formula is C12H14F2O2. The van der Waals surface area contributed by atoms with E-state index < -0.39 is 6.61 Å². The average Bonchev–Trinajstić information content (AvgIpc) is 2.27. The van der Waals surface area contributed by atoms with Crippen molar-refractivity contribution in [3.05, 3.63) is 29.3 Å². The van der Waals surface area contributed by atoms with Gasteiger partial charge in [0.2, 0.25) is 0 Å². The third-order valence-corrected chi connectivity index (χ3v) is 2.29. The minimum atomic E-state index is -2.91. The number of ketones is 1. The van der Waals surface area contributed by atoms with Crippen LogP contribution in [0.5, 0.6) is 5.75 Å². The molecule has 0 fully saturated rings. The molecule has 0 heterocycles. The minimum absolute atomic E-state index is 0.0267. The molecule has 0 aromatic heterocycles. The van der Waals surface area contributed by atoms with Crippen LogP contribution >= 0.6 is 0 Å². The molecule has 0 radical (unpaired) electrons. The van der Waals surface area contributed by atoms with Gasteiger partial charge in [-0.05, 0) is 24.1 Å². The van der Waals surface area contributed by atoms with E-state index in [1.54, 1.807) is 19.1 Å². The monoisotopic (exact) mass is 228 g/mol. The lowest BCUT2D eigenvalue weighted by atomic mass is 10.0. The number of carbonyl (C=O) groups excluding carboxylic acids is 1. The van der Waals surface area contributed by atoms with Gasteiger partial charge in [-0.1, -0.05) is 19.9 Å². The Bertz CT molecular complexity index is 375. The van der Waals surface area contributed by atoms with Crippen LogP contribution < -0.4 is 4.74 Å². The predicted octanol–water partition coefficient (Wildman–Crippen LogP) is 3.44. The van der Waals surface area contributed by atoms with E-state index in [0.717, 1.165) is 5.56 Å². The Morgan fingerprint density at radius 2 is 2.06 bits per heavy atom. The Morgan fingerprint density at radius 3 is 2.56 bits per heavy atom. The summed E-state index contributed by atoms with van der Waals surface area (Å²) in [6.45, 7) is 0.681. The molecule has 0 saturated heterocycles. The fourth-order valence-corrected chi connectivity index (χ4v) is 1.40. The molecular weight excluding hydrogens is 214 g/mol. The predicted molar refractivity (Wildman–Crippen MR) is 57.1 cm³/mol. The molecule has 0 aliphatic carbocycles. The lowest BCUT2D eigenvalue weighted by Gasteiger charge is -2.10. The highest BCUT2D eigenvalue weighted by Crippen LogP contribution is 2.24. The molecule has 1 aromatic carbocycles. The smallest absolute Gasteiger partial charge is 0.387 e. The van der Waals surface area contributed by atoms with E-state index in [4.69, 9.17) is 0 Å². The van der Waals surface area contributed by atoms with Gasteiger partial charge in [-0.2, -0.15) is 8.78 Å². The third kappa shape index (κ3) is 3.02. The summed E-state index contributed by atoms with van der Waals surface area (Å²) in [5, 5.41) is 0. The SMILES string of the molecule is CCC(=O)c1ccc(CC)cc1OC(F)F. The van der Waals surface area contributed by atoms with Gasteiger partial charge in [-0.3, -0.25) is 4.79 Å². The maximum absolute atomic E-state index is 12.2. The van der Waals surface area contributed by atoms with Crippen molar-refractivity contribution >= 4 is 5.78 Å². The molecule has 2 nitrogen and oxygen atoms in total. The van der Waals surface area contributed by atoms with E-state index in [1.165, 1.54) is 6.07 Å². The summed E-state index contributed by atoms with van der Waals surface area (Å²) in [5.41, 5.74) is 1.09. The van der Waals surface area contributed by atoms with E-state index in [0.29, 0.717) is 6.42 Å². The van der Waals surface area contributed by atoms with Gasteiger partial charge < -0.3 is 4.74 Å². The standard InChI is InChI=1S/C12H14F2O2/c1-3-8-5-6-9(10(15)4-2)11(7-8)16-12(13)14/h5-7,12H,3-4H2,1-2H3. The molecule has 0 amide bonds. The van der Waals surface area contributed by atoms with Crippen LogP contribution in [0.2, 0.25) is 0 Å². The zero-order valence-corrected chi connectivity index (χ0v) is 9.30. The van der Waals surface area contributed by atoms with Crippen LogP contribution in [0.4, 0.5) is 8.78 Å². The summed E-state index contributed by atoms with van der Waals surface area (Å²) in [4.78, 5) is 11.5. The second-order valence-corrected chi connectivity index (χ2v) is 3.34. The van der Waals surface area contributed by atoms with Gasteiger partial charge in [0.25, 0.3) is 0 Å². The van der Waals surface area contributed by atoms with Crippen molar-refractivity contribution in [2.75, 3.05) is 0 Å². The Hall–Kier alpha value is -1.45. The van der Waals surface area contributed by atoms with Crippen LogP contribution in [-0.2, 0) is 6.42 Å². The molecule has 0 aliphatic rings. The topological polar surface area (TPSA) is 26.3 Å². The molecule has 0 N–H and O–H groups in total. The van der Waals surface area contributed by atoms with Crippen molar-refractivity contribution in [2.24, 2.45) is 0 Å². The van der Waals surface area contributed by atoms with Crippen LogP contribution in [0.15, 0.2) is 18.2 Å². The molecule has 1 rings (SSSR count). The number of hydrogen-bond donors (Lipinski definition) is 0. The van der Waals surface area contributed by atoms with Crippen molar-refractivity contribution in [3.8, 4) is 5.75 Å². The maximum atomic E-state index is 12.2. The second-order valence-electron chi connectivity index (χ2n) is 3.34. The first-order chi connectivity index (χ1) is 7.58. The first-order valence-corrected chi connectivity index (χ1v) is 5.19. The molecule has 0 atom stereocenters. The largest absolute Gasteiger partial charge is 0.434 e. The van der Waals surface area contributed by atoms with Crippen LogP contribution in [0, 0.1) is 0 Å². The van der Waals surface area contributed by atoms with E-state index in [9.17, 15) is 13.6 Å². The van der Waals surface area contributed by atoms with E-state index >= 15 is 0 Å². The van der Waals surface area contributed by atoms with Gasteiger partial charge in [0, 0.05) is 6.42 Å². The summed E-state index contributed by atoms with van der Waals surface area (Å²) >= 11 is 0. The molecule has 0 saturated carbocycles. The number of ether oxygens (including phenoxy) is 1. The lowest BCUT2D eigenvalue weighted by molar-refractivity contribution is -0.0501. The molecule has 88 valence electrons. The number of alkyl halides is 2. The van der Waals surface area contributed by atoms with Crippen molar-refractivity contribution in [1.29, 1.82) is 0 Å². The summed E-state index contributed by atoms with van der Waals surface area (Å²) in [7, 11) is 0. The molecule has 0 bridgehead atoms. The molecule has 0 spiro atoms. The van der Waals surface area contributed by atoms with Crippen molar-refractivity contribution < 1.29 is 18.3 Å². The number of hydrogen-bond acceptors (Lipinski definition) is 2. The summed E-state index contributed by atoms with van der Waals surface area (Å²) < 4.78 is 28.7. The molecule has 16 heavy (non-hydrogen) atoms. The summed E-state index contributed by atoms with van der Waals surface area (Å²) in [6, 6.07) is 4.79. The second kappa shape index (κ2) is 5.58. The average molecular weight is 228 g/mol. The quantitative estimate of drug-likeness (QED) is 0.721. The fourth-order valence-electron chi connectivity index (χ4n) is 1.40. The zero-order valence-electron chi connectivity index (χ0n) is 9.30. The van der Waals surface area contributed by atoms with Gasteiger partial charge in [0.15, 0.2) is 5.78 Å². The number of halogens is 2. The molecule has 0 unspecified atom stereocenters. The zero-order chi connectivity index (χ0) is 12.1. The lowest BCUT2D eigenvalue weighted by Crippen LogP contribution is -2.08. The van der Waals surface area contributed by atoms with Crippen molar-refractivity contribution in [1.82, 2.24) is 0 Å². The van der Waals surface area contributed by atoms with E-state index in [2.05, 4.69) is 4.74 Å². The Labute approximate surface area is 93.2 Å². The van der Waals surface area contributed by atoms with Gasteiger partial charge in [-0.15, -0.1) is 0 Å². The molecule has 1 aromatic rings. The van der Waals surface area contributed by atoms with Crippen LogP contribution in [0.3, 0.4) is 0 Å². The first kappa shape index (κ1) is 12.6. The Balaban J connectivity index is 3.10. The Kier molecular flexibility index (Phi) is 4.40. The maximum Gasteiger partial charge on any atom is 0.387 e. The molecule has 0 aliphatic heterocycles. The van der Waals surface area contributed by atoms with Crippen molar-refractivity contribution in [3.63, 3.8) is 0 Å². The van der Waals surface area contributed by atoms with Gasteiger partial charge in [0.05, 0.1) is 5.56 Å².